The molecule has 0 atom stereocenters. The van der Waals surface area contributed by atoms with Gasteiger partial charge in [0.2, 0.25) is 0 Å². The summed E-state index contributed by atoms with van der Waals surface area (Å²) in [6, 6.07) is 2.06. The zero-order chi connectivity index (χ0) is 13.1. The van der Waals surface area contributed by atoms with Crippen LogP contribution in [0, 0.1) is 6.92 Å². The van der Waals surface area contributed by atoms with Crippen LogP contribution in [0.5, 0.6) is 0 Å². The summed E-state index contributed by atoms with van der Waals surface area (Å²) >= 11 is 1.65. The molecule has 18 heavy (non-hydrogen) atoms. The first-order chi connectivity index (χ1) is 8.60. The third kappa shape index (κ3) is 2.76. The highest BCUT2D eigenvalue weighted by molar-refractivity contribution is 7.18. The molecule has 6 heteroatoms. The van der Waals surface area contributed by atoms with Gasteiger partial charge in [0.05, 0.1) is 5.39 Å². The van der Waals surface area contributed by atoms with Crippen LogP contribution in [0.2, 0.25) is 0 Å². The molecular formula is C12H14N3O2S-. The van der Waals surface area contributed by atoms with Gasteiger partial charge in [-0.05, 0) is 19.4 Å². The topological polar surface area (TPSA) is 77.9 Å². The van der Waals surface area contributed by atoms with Crippen molar-refractivity contribution in [2.45, 2.75) is 26.7 Å². The quantitative estimate of drug-likeness (QED) is 0.875. The molecule has 0 radical (unpaired) electrons. The molecule has 0 saturated heterocycles. The lowest BCUT2D eigenvalue weighted by Crippen LogP contribution is -2.24. The lowest BCUT2D eigenvalue weighted by atomic mass is 10.3. The van der Waals surface area contributed by atoms with Crippen LogP contribution in [-0.2, 0) is 11.2 Å². The van der Waals surface area contributed by atoms with Crippen molar-refractivity contribution in [3.63, 3.8) is 0 Å². The number of carbonyl (C=O) groups excluding carboxylic acids is 1. The Hall–Kier alpha value is -1.69. The second kappa shape index (κ2) is 5.30. The van der Waals surface area contributed by atoms with Crippen molar-refractivity contribution in [1.82, 2.24) is 9.97 Å². The molecule has 0 aromatic carbocycles. The Morgan fingerprint density at radius 1 is 1.50 bits per heavy atom. The first-order valence-corrected chi connectivity index (χ1v) is 6.62. The number of carboxylic acids is 1. The van der Waals surface area contributed by atoms with Crippen LogP contribution in [0.4, 0.5) is 5.82 Å². The Morgan fingerprint density at radius 3 is 2.94 bits per heavy atom. The Kier molecular flexibility index (Phi) is 3.76. The van der Waals surface area contributed by atoms with Gasteiger partial charge in [-0.1, -0.05) is 6.92 Å². The number of anilines is 1. The molecule has 0 aliphatic carbocycles. The largest absolute Gasteiger partial charge is 0.550 e. The van der Waals surface area contributed by atoms with Crippen LogP contribution in [-0.4, -0.2) is 22.5 Å². The van der Waals surface area contributed by atoms with Crippen LogP contribution >= 0.6 is 11.3 Å². The van der Waals surface area contributed by atoms with Gasteiger partial charge in [0.1, 0.15) is 16.5 Å². The van der Waals surface area contributed by atoms with E-state index in [1.165, 1.54) is 4.88 Å². The van der Waals surface area contributed by atoms with E-state index < -0.39 is 5.97 Å². The van der Waals surface area contributed by atoms with Crippen LogP contribution in [0.1, 0.15) is 24.0 Å². The minimum Gasteiger partial charge on any atom is -0.550 e. The molecule has 0 unspecified atom stereocenters. The fourth-order valence-electron chi connectivity index (χ4n) is 1.67. The van der Waals surface area contributed by atoms with Gasteiger partial charge in [-0.15, -0.1) is 11.3 Å². The number of hydrogen-bond acceptors (Lipinski definition) is 6. The van der Waals surface area contributed by atoms with Gasteiger partial charge in [0.15, 0.2) is 0 Å². The zero-order valence-corrected chi connectivity index (χ0v) is 11.1. The fourth-order valence-corrected chi connectivity index (χ4v) is 2.68. The number of nitrogens with one attached hydrogen (secondary N) is 1. The van der Waals surface area contributed by atoms with Gasteiger partial charge >= 0.3 is 0 Å². The normalized spacial score (nSPS) is 10.8. The highest BCUT2D eigenvalue weighted by Gasteiger charge is 2.09. The Labute approximate surface area is 109 Å². The predicted octanol–water partition coefficient (Wildman–Crippen LogP) is 1.11. The van der Waals surface area contributed by atoms with E-state index in [4.69, 9.17) is 0 Å². The number of aromatic nitrogens is 2. The van der Waals surface area contributed by atoms with Crippen molar-refractivity contribution in [3.8, 4) is 0 Å². The summed E-state index contributed by atoms with van der Waals surface area (Å²) in [5, 5.41) is 14.4. The van der Waals surface area contributed by atoms with Gasteiger partial charge in [-0.2, -0.15) is 0 Å². The first-order valence-electron chi connectivity index (χ1n) is 5.81. The smallest absolute Gasteiger partial charge is 0.138 e. The number of fused-ring (bicyclic) bond motifs is 1. The van der Waals surface area contributed by atoms with Crippen molar-refractivity contribution in [3.05, 3.63) is 16.8 Å². The van der Waals surface area contributed by atoms with Crippen LogP contribution < -0.4 is 10.4 Å². The van der Waals surface area contributed by atoms with Crippen molar-refractivity contribution in [2.24, 2.45) is 0 Å². The van der Waals surface area contributed by atoms with Crippen molar-refractivity contribution in [2.75, 3.05) is 11.9 Å². The first kappa shape index (κ1) is 12.8. The van der Waals surface area contributed by atoms with E-state index in [1.54, 1.807) is 11.3 Å². The number of nitrogens with zero attached hydrogens (tertiary/aromatic N) is 2. The number of hydrogen-bond donors (Lipinski definition) is 1. The third-order valence-corrected chi connectivity index (χ3v) is 3.70. The zero-order valence-electron chi connectivity index (χ0n) is 10.3. The highest BCUT2D eigenvalue weighted by atomic mass is 32.1. The summed E-state index contributed by atoms with van der Waals surface area (Å²) in [6.45, 7) is 4.23. The van der Waals surface area contributed by atoms with E-state index in [-0.39, 0.29) is 6.42 Å². The summed E-state index contributed by atoms with van der Waals surface area (Å²) in [4.78, 5) is 21.3. The molecule has 0 saturated carbocycles. The fraction of sp³-hybridized carbons (Fsp3) is 0.417. The molecule has 0 spiro atoms. The van der Waals surface area contributed by atoms with Crippen molar-refractivity contribution < 1.29 is 9.90 Å². The lowest BCUT2D eigenvalue weighted by molar-refractivity contribution is -0.305. The van der Waals surface area contributed by atoms with E-state index in [0.29, 0.717) is 18.2 Å². The Morgan fingerprint density at radius 2 is 2.28 bits per heavy atom. The second-order valence-electron chi connectivity index (χ2n) is 3.95. The molecule has 0 amide bonds. The van der Waals surface area contributed by atoms with E-state index in [9.17, 15) is 9.90 Å². The number of carboxylic acid groups (broad SMARTS) is 1. The van der Waals surface area contributed by atoms with Gasteiger partial charge in [-0.25, -0.2) is 9.97 Å². The molecule has 2 rings (SSSR count). The number of aliphatic carboxylic acids is 1. The third-order valence-electron chi connectivity index (χ3n) is 2.53. The maximum absolute atomic E-state index is 10.4. The molecule has 2 heterocycles. The molecule has 2 aromatic heterocycles. The van der Waals surface area contributed by atoms with Gasteiger partial charge in [-0.3, -0.25) is 0 Å². The number of rotatable bonds is 5. The Bertz CT molecular complexity index is 580. The average Bonchev–Trinajstić information content (AvgIpc) is 2.71. The average molecular weight is 264 g/mol. The molecule has 0 fully saturated rings. The summed E-state index contributed by atoms with van der Waals surface area (Å²) in [5.74, 6) is 0.321. The number of aryl methyl sites for hydroxylation is 2. The van der Waals surface area contributed by atoms with Gasteiger partial charge < -0.3 is 15.2 Å². The van der Waals surface area contributed by atoms with Crippen molar-refractivity contribution in [1.29, 1.82) is 0 Å². The molecule has 1 N–H and O–H groups in total. The highest BCUT2D eigenvalue weighted by Crippen LogP contribution is 2.29. The molecule has 5 nitrogen and oxygen atoms in total. The summed E-state index contributed by atoms with van der Waals surface area (Å²) < 4.78 is 0. The monoisotopic (exact) mass is 264 g/mol. The minimum atomic E-state index is -1.07. The van der Waals surface area contributed by atoms with E-state index in [1.807, 2.05) is 6.92 Å². The minimum absolute atomic E-state index is 0.0324. The maximum Gasteiger partial charge on any atom is 0.138 e. The SMILES string of the molecule is CCc1cc2c(NCCC(=O)[O-])nc(C)nc2s1. The molecule has 96 valence electrons. The molecular weight excluding hydrogens is 250 g/mol. The second-order valence-corrected chi connectivity index (χ2v) is 5.07. The summed E-state index contributed by atoms with van der Waals surface area (Å²) in [6.07, 6.45) is 0.924. The van der Waals surface area contributed by atoms with Crippen molar-refractivity contribution >= 4 is 33.3 Å². The molecule has 0 aliphatic rings. The molecule has 0 aliphatic heterocycles. The number of carbonyl (C=O) groups is 1. The molecule has 2 aromatic rings. The lowest BCUT2D eigenvalue weighted by Gasteiger charge is -2.07. The molecule has 0 bridgehead atoms. The van der Waals surface area contributed by atoms with Crippen LogP contribution in [0.25, 0.3) is 10.2 Å². The van der Waals surface area contributed by atoms with E-state index in [2.05, 4.69) is 28.3 Å². The van der Waals surface area contributed by atoms with Crippen LogP contribution in [0.15, 0.2) is 6.07 Å². The maximum atomic E-state index is 10.4. The van der Waals surface area contributed by atoms with Gasteiger partial charge in [0.25, 0.3) is 0 Å². The number of thiophene rings is 1. The Balaban J connectivity index is 2.29. The summed E-state index contributed by atoms with van der Waals surface area (Å²) in [5.41, 5.74) is 0. The predicted molar refractivity (Wildman–Crippen MR) is 69.6 cm³/mol. The summed E-state index contributed by atoms with van der Waals surface area (Å²) in [7, 11) is 0. The van der Waals surface area contributed by atoms with E-state index >= 15 is 0 Å². The van der Waals surface area contributed by atoms with Gasteiger partial charge in [0, 0.05) is 23.8 Å². The van der Waals surface area contributed by atoms with E-state index in [0.717, 1.165) is 16.6 Å². The standard InChI is InChI=1S/C12H15N3O2S/c1-3-8-6-9-11(13-5-4-10(16)17)14-7(2)15-12(9)18-8/h6H,3-5H2,1-2H3,(H,16,17)(H,13,14,15)/p-1. The van der Waals surface area contributed by atoms with Crippen LogP contribution in [0.3, 0.4) is 0 Å².